The van der Waals surface area contributed by atoms with Crippen molar-refractivity contribution in [2.75, 3.05) is 0 Å². The Morgan fingerprint density at radius 3 is 1.97 bits per heavy atom. The molecule has 1 saturated carbocycles. The first-order chi connectivity index (χ1) is 18.3. The van der Waals surface area contributed by atoms with Crippen LogP contribution in [0, 0.1) is 11.8 Å². The van der Waals surface area contributed by atoms with Crippen LogP contribution in [0.15, 0.2) is 103 Å². The smallest absolute Gasteiger partial charge is 0.330 e. The molecule has 0 N–H and O–H groups in total. The van der Waals surface area contributed by atoms with Gasteiger partial charge in [0.05, 0.1) is 0 Å². The quantitative estimate of drug-likeness (QED) is 0.205. The van der Waals surface area contributed by atoms with Crippen LogP contribution >= 0.6 is 0 Å². The van der Waals surface area contributed by atoms with E-state index in [2.05, 4.69) is 111 Å². The van der Waals surface area contributed by atoms with Crippen molar-refractivity contribution in [3.8, 4) is 0 Å². The Morgan fingerprint density at radius 1 is 0.895 bits per heavy atom. The molecular weight excluding hydrogens is 466 g/mol. The summed E-state index contributed by atoms with van der Waals surface area (Å²) in [6, 6.07) is 31.7. The monoisotopic (exact) mass is 509 g/mol. The van der Waals surface area contributed by atoms with Crippen LogP contribution in [0.1, 0.15) is 63.6 Å². The van der Waals surface area contributed by atoms with E-state index in [1.54, 1.807) is 6.08 Å². The molecule has 1 fully saturated rings. The van der Waals surface area contributed by atoms with Gasteiger partial charge in [0.1, 0.15) is 6.10 Å². The van der Waals surface area contributed by atoms with E-state index < -0.39 is 0 Å². The molecule has 200 valence electrons. The molecule has 4 rings (SSSR count). The number of ether oxygens (including phenoxy) is 1. The second-order valence-electron chi connectivity index (χ2n) is 11.6. The van der Waals surface area contributed by atoms with Crippen LogP contribution in [0.2, 0.25) is 0 Å². The van der Waals surface area contributed by atoms with Crippen LogP contribution in [-0.2, 0) is 28.0 Å². The molecule has 38 heavy (non-hydrogen) atoms. The Labute approximate surface area is 229 Å². The van der Waals surface area contributed by atoms with Crippen molar-refractivity contribution in [2.45, 2.75) is 77.6 Å². The number of carbonyl (C=O) groups is 1. The van der Waals surface area contributed by atoms with Crippen LogP contribution in [0.3, 0.4) is 0 Å². The topological polar surface area (TPSA) is 29.5 Å². The van der Waals surface area contributed by atoms with Crippen molar-refractivity contribution in [3.63, 3.8) is 0 Å². The molecule has 4 atom stereocenters. The minimum absolute atomic E-state index is 0.0640. The highest BCUT2D eigenvalue weighted by Gasteiger charge is 2.41. The number of carbonyl (C=O) groups excluding carboxylic acids is 1. The molecule has 0 amide bonds. The lowest BCUT2D eigenvalue weighted by molar-refractivity contribution is -0.150. The van der Waals surface area contributed by atoms with E-state index in [0.29, 0.717) is 11.8 Å². The first-order valence-corrected chi connectivity index (χ1v) is 14.1. The lowest BCUT2D eigenvalue weighted by Crippen LogP contribution is -2.43. The van der Waals surface area contributed by atoms with Gasteiger partial charge in [0.2, 0.25) is 0 Å². The minimum Gasteiger partial charge on any atom is -0.459 e. The second kappa shape index (κ2) is 13.1. The fraction of sp³-hybridized carbons (Fsp3) is 0.400. The standard InChI is InChI=1S/C35H43NO2/c1-27-20-22-32(35(3,4)31-18-12-7-13-19-31)33(24-27)38-34(37)23-21-28(2)36(25-29-14-8-5-9-15-29)26-30-16-10-6-11-17-30/h5-19,21,23,27-28,32-33H,20,22,24-26H2,1-4H3/b23-21+/t27-,28+,32-,33-/m1/s1. The van der Waals surface area contributed by atoms with Crippen LogP contribution in [0.5, 0.6) is 0 Å². The second-order valence-corrected chi connectivity index (χ2v) is 11.6. The van der Waals surface area contributed by atoms with Crippen LogP contribution in [0.4, 0.5) is 0 Å². The Kier molecular flexibility index (Phi) is 9.58. The van der Waals surface area contributed by atoms with E-state index in [1.165, 1.54) is 23.1 Å². The Morgan fingerprint density at radius 2 is 1.42 bits per heavy atom. The summed E-state index contributed by atoms with van der Waals surface area (Å²) in [4.78, 5) is 15.5. The Hall–Kier alpha value is -3.17. The van der Waals surface area contributed by atoms with E-state index in [1.807, 2.05) is 18.2 Å². The van der Waals surface area contributed by atoms with Crippen molar-refractivity contribution >= 4 is 5.97 Å². The van der Waals surface area contributed by atoms with E-state index >= 15 is 0 Å². The van der Waals surface area contributed by atoms with Crippen molar-refractivity contribution in [1.82, 2.24) is 4.90 Å². The predicted molar refractivity (Wildman–Crippen MR) is 157 cm³/mol. The summed E-state index contributed by atoms with van der Waals surface area (Å²) in [5.74, 6) is 0.624. The van der Waals surface area contributed by atoms with E-state index in [-0.39, 0.29) is 23.5 Å². The van der Waals surface area contributed by atoms with Gasteiger partial charge in [-0.25, -0.2) is 4.79 Å². The SMILES string of the molecule is C[C@@H]1CC[C@@H](C(C)(C)c2ccccc2)[C@H](OC(=O)/C=C/[C@H](C)N(Cc2ccccc2)Cc2ccccc2)C1. The maximum atomic E-state index is 13.1. The largest absolute Gasteiger partial charge is 0.459 e. The summed E-state index contributed by atoms with van der Waals surface area (Å²) in [6.45, 7) is 10.6. The third kappa shape index (κ3) is 7.45. The number of hydrogen-bond acceptors (Lipinski definition) is 3. The molecular formula is C35H43NO2. The summed E-state index contributed by atoms with van der Waals surface area (Å²) in [7, 11) is 0. The highest BCUT2D eigenvalue weighted by atomic mass is 16.5. The van der Waals surface area contributed by atoms with Crippen molar-refractivity contribution in [2.24, 2.45) is 11.8 Å². The third-order valence-electron chi connectivity index (χ3n) is 8.31. The third-order valence-corrected chi connectivity index (χ3v) is 8.31. The summed E-state index contributed by atoms with van der Waals surface area (Å²) in [5.41, 5.74) is 3.76. The summed E-state index contributed by atoms with van der Waals surface area (Å²) in [5, 5.41) is 0. The maximum absolute atomic E-state index is 13.1. The van der Waals surface area contributed by atoms with E-state index in [4.69, 9.17) is 4.74 Å². The van der Waals surface area contributed by atoms with Crippen LogP contribution in [0.25, 0.3) is 0 Å². The van der Waals surface area contributed by atoms with Gasteiger partial charge in [-0.3, -0.25) is 4.90 Å². The zero-order valence-electron chi connectivity index (χ0n) is 23.4. The lowest BCUT2D eigenvalue weighted by atomic mass is 9.64. The van der Waals surface area contributed by atoms with Crippen LogP contribution in [-0.4, -0.2) is 23.0 Å². The molecule has 0 radical (unpaired) electrons. The van der Waals surface area contributed by atoms with E-state index in [0.717, 1.165) is 25.9 Å². The first-order valence-electron chi connectivity index (χ1n) is 14.1. The van der Waals surface area contributed by atoms with Crippen molar-refractivity contribution in [3.05, 3.63) is 120 Å². The zero-order chi connectivity index (χ0) is 27.0. The Bertz CT molecular complexity index is 1110. The average Bonchev–Trinajstić information content (AvgIpc) is 2.93. The molecule has 0 bridgehead atoms. The molecule has 3 aromatic carbocycles. The number of benzene rings is 3. The van der Waals surface area contributed by atoms with Gasteiger partial charge in [0.25, 0.3) is 0 Å². The molecule has 1 aliphatic rings. The number of hydrogen-bond donors (Lipinski definition) is 0. The zero-order valence-corrected chi connectivity index (χ0v) is 23.4. The van der Waals surface area contributed by atoms with Gasteiger partial charge in [-0.15, -0.1) is 0 Å². The van der Waals surface area contributed by atoms with Gasteiger partial charge in [-0.1, -0.05) is 124 Å². The van der Waals surface area contributed by atoms with Gasteiger partial charge in [-0.2, -0.15) is 0 Å². The number of esters is 1. The highest BCUT2D eigenvalue weighted by Crippen LogP contribution is 2.43. The molecule has 3 heteroatoms. The fourth-order valence-corrected chi connectivity index (χ4v) is 5.87. The van der Waals surface area contributed by atoms with Crippen molar-refractivity contribution in [1.29, 1.82) is 0 Å². The van der Waals surface area contributed by atoms with Crippen molar-refractivity contribution < 1.29 is 9.53 Å². The van der Waals surface area contributed by atoms with E-state index in [9.17, 15) is 4.79 Å². The molecule has 3 nitrogen and oxygen atoms in total. The first kappa shape index (κ1) is 27.9. The highest BCUT2D eigenvalue weighted by molar-refractivity contribution is 5.82. The minimum atomic E-state index is -0.232. The summed E-state index contributed by atoms with van der Waals surface area (Å²) in [6.07, 6.45) is 6.74. The molecule has 0 saturated heterocycles. The average molecular weight is 510 g/mol. The fourth-order valence-electron chi connectivity index (χ4n) is 5.87. The van der Waals surface area contributed by atoms with Crippen LogP contribution < -0.4 is 0 Å². The molecule has 0 aromatic heterocycles. The molecule has 0 unspecified atom stereocenters. The van der Waals surface area contributed by atoms with Gasteiger partial charge in [0.15, 0.2) is 0 Å². The number of nitrogens with zero attached hydrogens (tertiary/aromatic N) is 1. The molecule has 0 aliphatic heterocycles. The summed E-state index contributed by atoms with van der Waals surface area (Å²) < 4.78 is 6.20. The molecule has 1 aliphatic carbocycles. The summed E-state index contributed by atoms with van der Waals surface area (Å²) >= 11 is 0. The molecule has 0 heterocycles. The molecule has 0 spiro atoms. The van der Waals surface area contributed by atoms with Gasteiger partial charge in [0, 0.05) is 31.1 Å². The maximum Gasteiger partial charge on any atom is 0.330 e. The number of rotatable bonds is 10. The van der Waals surface area contributed by atoms with Gasteiger partial charge < -0.3 is 4.74 Å². The lowest BCUT2D eigenvalue weighted by Gasteiger charge is -2.43. The predicted octanol–water partition coefficient (Wildman–Crippen LogP) is 7.96. The van der Waals surface area contributed by atoms with Gasteiger partial charge in [-0.05, 0) is 47.8 Å². The molecule has 3 aromatic rings. The van der Waals surface area contributed by atoms with Gasteiger partial charge >= 0.3 is 5.97 Å². The normalized spacial score (nSPS) is 20.9. The Balaban J connectivity index is 1.45.